The molecule has 9 nitrogen and oxygen atoms in total. The van der Waals surface area contributed by atoms with E-state index in [1.807, 2.05) is 152 Å². The van der Waals surface area contributed by atoms with Crippen molar-refractivity contribution >= 4 is 0 Å². The highest BCUT2D eigenvalue weighted by Gasteiger charge is 2.54. The minimum absolute atomic E-state index is 0.107. The molecule has 0 bridgehead atoms. The predicted octanol–water partition coefficient (Wildman–Crippen LogP) is 8.89. The molecule has 5 aromatic rings. The molecule has 2 aliphatic heterocycles. The third kappa shape index (κ3) is 12.5. The normalized spacial score (nSPS) is 26.5. The van der Waals surface area contributed by atoms with E-state index in [1.165, 1.54) is 0 Å². The maximum Gasteiger partial charge on any atom is 0.187 e. The van der Waals surface area contributed by atoms with Crippen molar-refractivity contribution in [3.8, 4) is 0 Å². The Morgan fingerprint density at radius 3 is 1.08 bits per heavy atom. The van der Waals surface area contributed by atoms with Crippen LogP contribution in [0.3, 0.4) is 0 Å². The molecule has 0 spiro atoms. The van der Waals surface area contributed by atoms with E-state index in [-0.39, 0.29) is 39.6 Å². The lowest BCUT2D eigenvalue weighted by Crippen LogP contribution is -2.66. The zero-order chi connectivity index (χ0) is 42.1. The largest absolute Gasteiger partial charge is 0.368 e. The van der Waals surface area contributed by atoms with Crippen molar-refractivity contribution < 1.29 is 51.4 Å². The molecule has 10 atom stereocenters. The van der Waals surface area contributed by atoms with Crippen LogP contribution in [0.4, 0.5) is 8.78 Å². The lowest BCUT2D eigenvalue weighted by Gasteiger charge is -2.49. The highest BCUT2D eigenvalue weighted by Crippen LogP contribution is 2.37. The maximum absolute atomic E-state index is 15.5. The zero-order valence-corrected chi connectivity index (χ0v) is 34.1. The third-order valence-electron chi connectivity index (χ3n) is 10.6. The standard InChI is InChI=1S/C50H54F2O9/c1-2-28-53-49-47(57-34-39-24-14-6-15-25-39)46(56-33-38-22-12-5-13-23-38)44(42(30-52)59-49)61-50-48(58-35-40-26-16-7-17-27-40)45(55-32-37-20-10-4-11-21-37)43(41(29-51)60-50)54-31-36-18-8-3-9-19-36/h2-27,41-50H,1,28-35H2/t41-,42-,43-,44-,45+,46+,47-,48-,49+,50+/m1/s1. The quantitative estimate of drug-likeness (QED) is 0.0636. The minimum Gasteiger partial charge on any atom is -0.368 e. The number of hydrogen-bond donors (Lipinski definition) is 0. The average molecular weight is 837 g/mol. The van der Waals surface area contributed by atoms with Gasteiger partial charge >= 0.3 is 0 Å². The molecule has 11 heteroatoms. The van der Waals surface area contributed by atoms with Crippen LogP contribution in [-0.4, -0.2) is 81.4 Å². The summed E-state index contributed by atoms with van der Waals surface area (Å²) in [6.07, 6.45) is -9.09. The lowest BCUT2D eigenvalue weighted by molar-refractivity contribution is -0.373. The second kappa shape index (κ2) is 23.5. The summed E-state index contributed by atoms with van der Waals surface area (Å²) >= 11 is 0. The van der Waals surface area contributed by atoms with Crippen molar-refractivity contribution in [2.24, 2.45) is 0 Å². The van der Waals surface area contributed by atoms with Gasteiger partial charge in [0.05, 0.1) is 39.6 Å². The van der Waals surface area contributed by atoms with Crippen LogP contribution in [0.5, 0.6) is 0 Å². The van der Waals surface area contributed by atoms with E-state index >= 15 is 8.78 Å². The number of rotatable bonds is 22. The summed E-state index contributed by atoms with van der Waals surface area (Å²) in [5, 5.41) is 0. The third-order valence-corrected chi connectivity index (χ3v) is 10.6. The van der Waals surface area contributed by atoms with Crippen LogP contribution in [0.1, 0.15) is 27.8 Å². The molecule has 0 amide bonds. The number of hydrogen-bond acceptors (Lipinski definition) is 9. The van der Waals surface area contributed by atoms with Crippen LogP contribution >= 0.6 is 0 Å². The molecule has 5 aromatic carbocycles. The second-order valence-corrected chi connectivity index (χ2v) is 14.9. The molecule has 0 N–H and O–H groups in total. The topological polar surface area (TPSA) is 83.1 Å². The van der Waals surface area contributed by atoms with Crippen molar-refractivity contribution in [2.75, 3.05) is 20.0 Å². The van der Waals surface area contributed by atoms with E-state index in [9.17, 15) is 0 Å². The van der Waals surface area contributed by atoms with Gasteiger partial charge in [0, 0.05) is 0 Å². The van der Waals surface area contributed by atoms with E-state index in [4.69, 9.17) is 42.6 Å². The van der Waals surface area contributed by atoms with Crippen molar-refractivity contribution in [3.63, 3.8) is 0 Å². The van der Waals surface area contributed by atoms with E-state index in [2.05, 4.69) is 6.58 Å². The summed E-state index contributed by atoms with van der Waals surface area (Å²) in [4.78, 5) is 0. The van der Waals surface area contributed by atoms with Crippen molar-refractivity contribution in [1.82, 2.24) is 0 Å². The van der Waals surface area contributed by atoms with Crippen molar-refractivity contribution in [1.29, 1.82) is 0 Å². The fourth-order valence-corrected chi connectivity index (χ4v) is 7.50. The Morgan fingerprint density at radius 2 is 0.705 bits per heavy atom. The summed E-state index contributed by atoms with van der Waals surface area (Å²) < 4.78 is 90.0. The molecule has 61 heavy (non-hydrogen) atoms. The summed E-state index contributed by atoms with van der Waals surface area (Å²) in [6.45, 7) is 2.76. The van der Waals surface area contributed by atoms with Gasteiger partial charge in [-0.15, -0.1) is 6.58 Å². The first-order chi connectivity index (χ1) is 30.1. The van der Waals surface area contributed by atoms with Crippen LogP contribution in [-0.2, 0) is 75.7 Å². The Morgan fingerprint density at radius 1 is 0.393 bits per heavy atom. The van der Waals surface area contributed by atoms with Gasteiger partial charge in [-0.25, -0.2) is 8.78 Å². The van der Waals surface area contributed by atoms with Crippen LogP contribution in [0.25, 0.3) is 0 Å². The smallest absolute Gasteiger partial charge is 0.187 e. The van der Waals surface area contributed by atoms with Crippen LogP contribution in [0.15, 0.2) is 164 Å². The minimum atomic E-state index is -1.31. The molecular formula is C50H54F2O9. The zero-order valence-electron chi connectivity index (χ0n) is 34.1. The van der Waals surface area contributed by atoms with E-state index in [0.29, 0.717) is 0 Å². The molecule has 0 unspecified atom stereocenters. The average Bonchev–Trinajstić information content (AvgIpc) is 3.32. The Bertz CT molecular complexity index is 1960. The molecule has 2 fully saturated rings. The van der Waals surface area contributed by atoms with Crippen molar-refractivity contribution in [3.05, 3.63) is 192 Å². The first-order valence-electron chi connectivity index (χ1n) is 20.7. The van der Waals surface area contributed by atoms with Crippen LogP contribution < -0.4 is 0 Å². The second-order valence-electron chi connectivity index (χ2n) is 14.9. The Balaban J connectivity index is 1.25. The van der Waals surface area contributed by atoms with Crippen molar-refractivity contribution in [2.45, 2.75) is 94.4 Å². The van der Waals surface area contributed by atoms with Gasteiger partial charge in [0.15, 0.2) is 12.6 Å². The Kier molecular flexibility index (Phi) is 17.1. The molecule has 2 heterocycles. The number of benzene rings is 5. The molecule has 2 aliphatic rings. The van der Waals surface area contributed by atoms with Gasteiger partial charge < -0.3 is 42.6 Å². The predicted molar refractivity (Wildman–Crippen MR) is 225 cm³/mol. The number of halogens is 2. The molecule has 0 aromatic heterocycles. The molecule has 2 saturated heterocycles. The number of ether oxygens (including phenoxy) is 9. The SMILES string of the molecule is C=CCO[C@H]1O[C@H](CF)[C@@H](O[C@@H]2O[C@H](CF)[C@@H](OCc3ccccc3)[C@H](OCc3ccccc3)[C@H]2OCc2ccccc2)[C@H](OCc2ccccc2)[C@H]1OCc1ccccc1. The molecular weight excluding hydrogens is 783 g/mol. The summed E-state index contributed by atoms with van der Waals surface area (Å²) in [5.41, 5.74) is 4.43. The monoisotopic (exact) mass is 836 g/mol. The highest BCUT2D eigenvalue weighted by molar-refractivity contribution is 5.17. The van der Waals surface area contributed by atoms with Gasteiger partial charge in [0.2, 0.25) is 0 Å². The molecule has 0 radical (unpaired) electrons. The summed E-state index contributed by atoms with van der Waals surface area (Å²) in [6, 6.07) is 48.1. The van der Waals surface area contributed by atoms with Crippen LogP contribution in [0.2, 0.25) is 0 Å². The van der Waals surface area contributed by atoms with E-state index < -0.39 is 74.8 Å². The van der Waals surface area contributed by atoms with E-state index in [0.717, 1.165) is 27.8 Å². The first-order valence-corrected chi connectivity index (χ1v) is 20.7. The van der Waals surface area contributed by atoms with Gasteiger partial charge in [0.1, 0.15) is 62.2 Å². The lowest BCUT2D eigenvalue weighted by atomic mass is 9.96. The molecule has 0 aliphatic carbocycles. The van der Waals surface area contributed by atoms with Gasteiger partial charge in [-0.2, -0.15) is 0 Å². The van der Waals surface area contributed by atoms with Gasteiger partial charge in [0.25, 0.3) is 0 Å². The summed E-state index contributed by atoms with van der Waals surface area (Å²) in [7, 11) is 0. The fourth-order valence-electron chi connectivity index (χ4n) is 7.50. The van der Waals surface area contributed by atoms with Gasteiger partial charge in [-0.3, -0.25) is 0 Å². The maximum atomic E-state index is 15.5. The summed E-state index contributed by atoms with van der Waals surface area (Å²) in [5.74, 6) is 0. The highest BCUT2D eigenvalue weighted by atomic mass is 19.1. The first kappa shape index (κ1) is 44.4. The number of alkyl halides is 2. The Labute approximate surface area is 357 Å². The molecule has 7 rings (SSSR count). The van der Waals surface area contributed by atoms with Crippen LogP contribution in [0, 0.1) is 0 Å². The fraction of sp³-hybridized carbons (Fsp3) is 0.360. The molecule has 322 valence electrons. The van der Waals surface area contributed by atoms with Gasteiger partial charge in [-0.05, 0) is 27.8 Å². The molecule has 0 saturated carbocycles. The van der Waals surface area contributed by atoms with Gasteiger partial charge in [-0.1, -0.05) is 158 Å². The van der Waals surface area contributed by atoms with E-state index in [1.54, 1.807) is 6.08 Å². The Hall–Kier alpha value is -4.66.